The smallest absolute Gasteiger partial charge is 0.0868 e. The third kappa shape index (κ3) is 7.13. The minimum absolute atomic E-state index is 0.672. The number of unbranched alkanes of at least 4 members (excludes halogenated alkanes) is 7. The van der Waals surface area contributed by atoms with Gasteiger partial charge in [0.15, 0.2) is 0 Å². The normalized spacial score (nSPS) is 14.1. The summed E-state index contributed by atoms with van der Waals surface area (Å²) in [6.07, 6.45) is 12.4. The van der Waals surface area contributed by atoms with E-state index < -0.39 is 5.60 Å². The SMILES string of the molecule is CCCCCCCCCCC(C)(O)c1ccc(CC)cc1. The molecule has 21 heavy (non-hydrogen) atoms. The van der Waals surface area contributed by atoms with Crippen LogP contribution < -0.4 is 0 Å². The van der Waals surface area contributed by atoms with Crippen molar-refractivity contribution in [3.63, 3.8) is 0 Å². The second-order valence-corrected chi connectivity index (χ2v) is 6.55. The molecule has 1 unspecified atom stereocenters. The molecular weight excluding hydrogens is 256 g/mol. The zero-order valence-corrected chi connectivity index (χ0v) is 14.3. The molecule has 0 aromatic heterocycles. The lowest BCUT2D eigenvalue weighted by Gasteiger charge is -2.24. The van der Waals surface area contributed by atoms with E-state index in [0.29, 0.717) is 0 Å². The van der Waals surface area contributed by atoms with Crippen LogP contribution in [0.15, 0.2) is 24.3 Å². The molecule has 1 atom stereocenters. The van der Waals surface area contributed by atoms with E-state index >= 15 is 0 Å². The standard InChI is InChI=1S/C20H34O/c1-4-6-7-8-9-10-11-12-17-20(3,21)19-15-13-18(5-2)14-16-19/h13-16,21H,4-12,17H2,1-3H3. The maximum Gasteiger partial charge on any atom is 0.0868 e. The second-order valence-electron chi connectivity index (χ2n) is 6.55. The van der Waals surface area contributed by atoms with E-state index in [0.717, 1.165) is 24.8 Å². The predicted molar refractivity (Wildman–Crippen MR) is 92.6 cm³/mol. The van der Waals surface area contributed by atoms with Gasteiger partial charge in [-0.2, -0.15) is 0 Å². The van der Waals surface area contributed by atoms with Crippen molar-refractivity contribution in [2.75, 3.05) is 0 Å². The summed E-state index contributed by atoms with van der Waals surface area (Å²) in [5, 5.41) is 10.6. The van der Waals surface area contributed by atoms with Crippen LogP contribution in [0, 0.1) is 0 Å². The van der Waals surface area contributed by atoms with Crippen LogP contribution in [-0.2, 0) is 12.0 Å². The summed E-state index contributed by atoms with van der Waals surface area (Å²) in [5.41, 5.74) is 1.72. The molecule has 0 radical (unpaired) electrons. The van der Waals surface area contributed by atoms with Gasteiger partial charge < -0.3 is 5.11 Å². The summed E-state index contributed by atoms with van der Waals surface area (Å²) >= 11 is 0. The first kappa shape index (κ1) is 18.2. The molecular formula is C20H34O. The van der Waals surface area contributed by atoms with Gasteiger partial charge in [0.25, 0.3) is 0 Å². The second kappa shape index (κ2) is 10.00. The molecule has 0 saturated carbocycles. The molecule has 0 heterocycles. The van der Waals surface area contributed by atoms with Crippen LogP contribution in [-0.4, -0.2) is 5.11 Å². The molecule has 1 heteroatoms. The number of benzene rings is 1. The Labute approximate surface area is 131 Å². The number of aryl methyl sites for hydroxylation is 1. The molecule has 1 rings (SSSR count). The highest BCUT2D eigenvalue weighted by molar-refractivity contribution is 5.26. The zero-order valence-electron chi connectivity index (χ0n) is 14.3. The number of aliphatic hydroxyl groups is 1. The first-order valence-corrected chi connectivity index (χ1v) is 8.92. The summed E-state index contributed by atoms with van der Waals surface area (Å²) in [6.45, 7) is 6.37. The van der Waals surface area contributed by atoms with Gasteiger partial charge in [0.2, 0.25) is 0 Å². The average Bonchev–Trinajstić information content (AvgIpc) is 2.50. The molecule has 1 N–H and O–H groups in total. The van der Waals surface area contributed by atoms with Gasteiger partial charge in [0.1, 0.15) is 0 Å². The van der Waals surface area contributed by atoms with Gasteiger partial charge in [0, 0.05) is 0 Å². The van der Waals surface area contributed by atoms with Crippen molar-refractivity contribution in [1.82, 2.24) is 0 Å². The van der Waals surface area contributed by atoms with Gasteiger partial charge in [-0.15, -0.1) is 0 Å². The van der Waals surface area contributed by atoms with Crippen molar-refractivity contribution < 1.29 is 5.11 Å². The third-order valence-corrected chi connectivity index (χ3v) is 4.50. The van der Waals surface area contributed by atoms with Crippen LogP contribution in [0.4, 0.5) is 0 Å². The Hall–Kier alpha value is -0.820. The van der Waals surface area contributed by atoms with Crippen molar-refractivity contribution in [3.05, 3.63) is 35.4 Å². The molecule has 0 bridgehead atoms. The Bertz CT molecular complexity index is 364. The minimum atomic E-state index is -0.672. The van der Waals surface area contributed by atoms with Crippen LogP contribution in [0.1, 0.15) is 89.7 Å². The number of hydrogen-bond donors (Lipinski definition) is 1. The molecule has 0 saturated heterocycles. The van der Waals surface area contributed by atoms with Gasteiger partial charge in [-0.05, 0) is 30.9 Å². The van der Waals surface area contributed by atoms with E-state index in [1.165, 1.54) is 50.5 Å². The zero-order chi connectivity index (χ0) is 15.6. The fourth-order valence-corrected chi connectivity index (χ4v) is 2.85. The lowest BCUT2D eigenvalue weighted by atomic mass is 9.89. The van der Waals surface area contributed by atoms with Crippen LogP contribution in [0.25, 0.3) is 0 Å². The van der Waals surface area contributed by atoms with E-state index in [-0.39, 0.29) is 0 Å². The topological polar surface area (TPSA) is 20.2 Å². The van der Waals surface area contributed by atoms with E-state index in [9.17, 15) is 5.11 Å². The first-order chi connectivity index (χ1) is 10.1. The van der Waals surface area contributed by atoms with Crippen molar-refractivity contribution in [1.29, 1.82) is 0 Å². The summed E-state index contributed by atoms with van der Waals surface area (Å²) < 4.78 is 0. The van der Waals surface area contributed by atoms with Gasteiger partial charge in [-0.3, -0.25) is 0 Å². The van der Waals surface area contributed by atoms with Crippen molar-refractivity contribution >= 4 is 0 Å². The molecule has 1 aromatic carbocycles. The van der Waals surface area contributed by atoms with Gasteiger partial charge in [-0.25, -0.2) is 0 Å². The lowest BCUT2D eigenvalue weighted by Crippen LogP contribution is -2.20. The molecule has 1 aromatic rings. The van der Waals surface area contributed by atoms with E-state index in [1.807, 2.05) is 6.92 Å². The largest absolute Gasteiger partial charge is 0.385 e. The van der Waals surface area contributed by atoms with Crippen LogP contribution in [0.3, 0.4) is 0 Å². The monoisotopic (exact) mass is 290 g/mol. The summed E-state index contributed by atoms with van der Waals surface area (Å²) in [5.74, 6) is 0. The highest BCUT2D eigenvalue weighted by Gasteiger charge is 2.21. The highest BCUT2D eigenvalue weighted by Crippen LogP contribution is 2.27. The quantitative estimate of drug-likeness (QED) is 0.496. The molecule has 0 aliphatic heterocycles. The number of hydrogen-bond acceptors (Lipinski definition) is 1. The van der Waals surface area contributed by atoms with Crippen molar-refractivity contribution in [3.8, 4) is 0 Å². The van der Waals surface area contributed by atoms with Crippen LogP contribution in [0.5, 0.6) is 0 Å². The fraction of sp³-hybridized carbons (Fsp3) is 0.700. The number of rotatable bonds is 11. The lowest BCUT2D eigenvalue weighted by molar-refractivity contribution is 0.0448. The molecule has 1 nitrogen and oxygen atoms in total. The maximum absolute atomic E-state index is 10.6. The van der Waals surface area contributed by atoms with E-state index in [2.05, 4.69) is 38.1 Å². The summed E-state index contributed by atoms with van der Waals surface area (Å²) in [4.78, 5) is 0. The Morgan fingerprint density at radius 1 is 0.810 bits per heavy atom. The molecule has 0 aliphatic carbocycles. The van der Waals surface area contributed by atoms with E-state index in [4.69, 9.17) is 0 Å². The average molecular weight is 290 g/mol. The van der Waals surface area contributed by atoms with Crippen LogP contribution in [0.2, 0.25) is 0 Å². The Morgan fingerprint density at radius 2 is 1.33 bits per heavy atom. The Morgan fingerprint density at radius 3 is 1.86 bits per heavy atom. The first-order valence-electron chi connectivity index (χ1n) is 8.92. The maximum atomic E-state index is 10.6. The highest BCUT2D eigenvalue weighted by atomic mass is 16.3. The predicted octanol–water partition coefficient (Wildman–Crippen LogP) is 5.99. The van der Waals surface area contributed by atoms with Crippen LogP contribution >= 0.6 is 0 Å². The molecule has 0 fully saturated rings. The van der Waals surface area contributed by atoms with Gasteiger partial charge >= 0.3 is 0 Å². The van der Waals surface area contributed by atoms with Gasteiger partial charge in [0.05, 0.1) is 5.60 Å². The molecule has 0 spiro atoms. The minimum Gasteiger partial charge on any atom is -0.385 e. The Balaban J connectivity index is 2.22. The molecule has 120 valence electrons. The van der Waals surface area contributed by atoms with Crippen molar-refractivity contribution in [2.45, 2.75) is 90.6 Å². The third-order valence-electron chi connectivity index (χ3n) is 4.50. The van der Waals surface area contributed by atoms with Gasteiger partial charge in [-0.1, -0.05) is 89.5 Å². The fourth-order valence-electron chi connectivity index (χ4n) is 2.85. The van der Waals surface area contributed by atoms with Crippen molar-refractivity contribution in [2.24, 2.45) is 0 Å². The Kier molecular flexibility index (Phi) is 8.68. The molecule has 0 amide bonds. The van der Waals surface area contributed by atoms with E-state index in [1.54, 1.807) is 0 Å². The summed E-state index contributed by atoms with van der Waals surface area (Å²) in [7, 11) is 0. The summed E-state index contributed by atoms with van der Waals surface area (Å²) in [6, 6.07) is 8.45. The molecule has 0 aliphatic rings.